The first-order valence-corrected chi connectivity index (χ1v) is 6.01. The van der Waals surface area contributed by atoms with Gasteiger partial charge in [0, 0.05) is 18.7 Å². The maximum absolute atomic E-state index is 11.9. The Bertz CT molecular complexity index is 443. The molecule has 1 unspecified atom stereocenters. The van der Waals surface area contributed by atoms with Crippen LogP contribution in [0.5, 0.6) is 5.88 Å². The van der Waals surface area contributed by atoms with Crippen LogP contribution in [0, 0.1) is 6.92 Å². The number of aliphatic carboxylic acids is 1. The fraction of sp³-hybridized carbons (Fsp3) is 0.583. The SMILES string of the molecule is CCN(C(=O)COc1cc(C)on1)C(C)CC(=O)O. The van der Waals surface area contributed by atoms with Crippen molar-refractivity contribution in [1.82, 2.24) is 10.1 Å². The van der Waals surface area contributed by atoms with Crippen LogP contribution >= 0.6 is 0 Å². The van der Waals surface area contributed by atoms with Crippen LogP contribution in [0.15, 0.2) is 10.6 Å². The average molecular weight is 270 g/mol. The van der Waals surface area contributed by atoms with Gasteiger partial charge in [0.25, 0.3) is 11.8 Å². The van der Waals surface area contributed by atoms with Gasteiger partial charge in [-0.25, -0.2) is 0 Å². The summed E-state index contributed by atoms with van der Waals surface area (Å²) in [6.07, 6.45) is -0.0946. The summed E-state index contributed by atoms with van der Waals surface area (Å²) in [6.45, 7) is 5.43. The molecule has 0 spiro atoms. The number of rotatable bonds is 7. The molecule has 1 heterocycles. The molecule has 0 aliphatic rings. The van der Waals surface area contributed by atoms with Crippen LogP contribution in [0.25, 0.3) is 0 Å². The van der Waals surface area contributed by atoms with E-state index in [0.29, 0.717) is 12.3 Å². The van der Waals surface area contributed by atoms with Crippen molar-refractivity contribution in [3.63, 3.8) is 0 Å². The number of carbonyl (C=O) groups excluding carboxylic acids is 1. The minimum atomic E-state index is -0.938. The summed E-state index contributed by atoms with van der Waals surface area (Å²) in [5.41, 5.74) is 0. The molecule has 19 heavy (non-hydrogen) atoms. The molecular weight excluding hydrogens is 252 g/mol. The van der Waals surface area contributed by atoms with E-state index in [9.17, 15) is 9.59 Å². The zero-order valence-corrected chi connectivity index (χ0v) is 11.3. The van der Waals surface area contributed by atoms with Crippen LogP contribution in [-0.4, -0.2) is 46.2 Å². The van der Waals surface area contributed by atoms with Gasteiger partial charge in [0.1, 0.15) is 5.76 Å². The van der Waals surface area contributed by atoms with Gasteiger partial charge in [-0.3, -0.25) is 9.59 Å². The number of likely N-dealkylation sites (N-methyl/N-ethyl adjacent to an activating group) is 1. The third kappa shape index (κ3) is 4.61. The van der Waals surface area contributed by atoms with Crippen molar-refractivity contribution in [3.8, 4) is 5.88 Å². The van der Waals surface area contributed by atoms with Gasteiger partial charge in [0.2, 0.25) is 0 Å². The van der Waals surface area contributed by atoms with Crippen molar-refractivity contribution in [3.05, 3.63) is 11.8 Å². The second-order valence-electron chi connectivity index (χ2n) is 4.19. The van der Waals surface area contributed by atoms with Crippen LogP contribution < -0.4 is 4.74 Å². The van der Waals surface area contributed by atoms with Crippen LogP contribution in [0.4, 0.5) is 0 Å². The van der Waals surface area contributed by atoms with E-state index in [1.165, 1.54) is 4.90 Å². The van der Waals surface area contributed by atoms with Crippen LogP contribution in [-0.2, 0) is 9.59 Å². The van der Waals surface area contributed by atoms with Gasteiger partial charge in [-0.15, -0.1) is 0 Å². The Labute approximate surface area is 111 Å². The van der Waals surface area contributed by atoms with E-state index in [2.05, 4.69) is 5.16 Å². The summed E-state index contributed by atoms with van der Waals surface area (Å²) in [6, 6.07) is 1.20. The second-order valence-corrected chi connectivity index (χ2v) is 4.19. The predicted molar refractivity (Wildman–Crippen MR) is 65.8 cm³/mol. The van der Waals surface area contributed by atoms with Crippen molar-refractivity contribution in [2.75, 3.05) is 13.2 Å². The van der Waals surface area contributed by atoms with E-state index in [4.69, 9.17) is 14.4 Å². The summed E-state index contributed by atoms with van der Waals surface area (Å²) in [7, 11) is 0. The van der Waals surface area contributed by atoms with Crippen molar-refractivity contribution >= 4 is 11.9 Å². The molecule has 0 aromatic carbocycles. The molecule has 0 radical (unpaired) electrons. The quantitative estimate of drug-likeness (QED) is 0.796. The number of carbonyl (C=O) groups is 2. The highest BCUT2D eigenvalue weighted by Crippen LogP contribution is 2.11. The number of carboxylic acids is 1. The summed E-state index contributed by atoms with van der Waals surface area (Å²) >= 11 is 0. The highest BCUT2D eigenvalue weighted by atomic mass is 16.5. The van der Waals surface area contributed by atoms with Gasteiger partial charge < -0.3 is 19.3 Å². The minimum absolute atomic E-state index is 0.0946. The second kappa shape index (κ2) is 6.77. The van der Waals surface area contributed by atoms with Crippen molar-refractivity contribution in [1.29, 1.82) is 0 Å². The number of amides is 1. The van der Waals surface area contributed by atoms with Gasteiger partial charge in [-0.2, -0.15) is 0 Å². The molecular formula is C12H18N2O5. The smallest absolute Gasteiger partial charge is 0.305 e. The van der Waals surface area contributed by atoms with Crippen molar-refractivity contribution < 1.29 is 24.0 Å². The number of hydrogen-bond donors (Lipinski definition) is 1. The summed E-state index contributed by atoms with van der Waals surface area (Å²) in [5.74, 6) is -0.384. The van der Waals surface area contributed by atoms with Gasteiger partial charge in [0.05, 0.1) is 6.42 Å². The first-order chi connectivity index (χ1) is 8.93. The average Bonchev–Trinajstić information content (AvgIpc) is 2.72. The third-order valence-electron chi connectivity index (χ3n) is 2.61. The molecule has 1 rings (SSSR count). The number of nitrogens with zero attached hydrogens (tertiary/aromatic N) is 2. The summed E-state index contributed by atoms with van der Waals surface area (Å²) < 4.78 is 9.99. The Morgan fingerprint density at radius 2 is 2.26 bits per heavy atom. The topological polar surface area (TPSA) is 92.9 Å². The number of ether oxygens (including phenoxy) is 1. The molecule has 1 atom stereocenters. The molecule has 0 aliphatic carbocycles. The maximum atomic E-state index is 11.9. The Hall–Kier alpha value is -2.05. The lowest BCUT2D eigenvalue weighted by molar-refractivity contribution is -0.141. The Morgan fingerprint density at radius 1 is 1.58 bits per heavy atom. The molecule has 1 aromatic rings. The van der Waals surface area contributed by atoms with Crippen LogP contribution in [0.3, 0.4) is 0 Å². The largest absolute Gasteiger partial charge is 0.481 e. The number of carboxylic acid groups (broad SMARTS) is 1. The lowest BCUT2D eigenvalue weighted by Gasteiger charge is -2.26. The molecule has 0 saturated carbocycles. The van der Waals surface area contributed by atoms with Gasteiger partial charge in [-0.1, -0.05) is 0 Å². The molecule has 1 amide bonds. The van der Waals surface area contributed by atoms with E-state index in [1.807, 2.05) is 0 Å². The standard InChI is InChI=1S/C12H18N2O5/c1-4-14(8(2)5-12(16)17)11(15)7-18-10-6-9(3)19-13-10/h6,8H,4-5,7H2,1-3H3,(H,16,17). The molecule has 0 saturated heterocycles. The zero-order chi connectivity index (χ0) is 14.4. The van der Waals surface area contributed by atoms with Crippen molar-refractivity contribution in [2.24, 2.45) is 0 Å². The molecule has 0 bridgehead atoms. The highest BCUT2D eigenvalue weighted by Gasteiger charge is 2.21. The highest BCUT2D eigenvalue weighted by molar-refractivity contribution is 5.79. The zero-order valence-electron chi connectivity index (χ0n) is 11.3. The molecule has 7 nitrogen and oxygen atoms in total. The van der Waals surface area contributed by atoms with Crippen LogP contribution in [0.2, 0.25) is 0 Å². The normalized spacial score (nSPS) is 11.9. The fourth-order valence-corrected chi connectivity index (χ4v) is 1.73. The van der Waals surface area contributed by atoms with E-state index in [-0.39, 0.29) is 30.9 Å². The van der Waals surface area contributed by atoms with E-state index < -0.39 is 5.97 Å². The molecule has 7 heteroatoms. The third-order valence-corrected chi connectivity index (χ3v) is 2.61. The predicted octanol–water partition coefficient (Wildman–Crippen LogP) is 1.07. The summed E-state index contributed by atoms with van der Waals surface area (Å²) in [5, 5.41) is 12.3. The van der Waals surface area contributed by atoms with Gasteiger partial charge in [-0.05, 0) is 25.9 Å². The van der Waals surface area contributed by atoms with Crippen molar-refractivity contribution in [2.45, 2.75) is 33.2 Å². The molecule has 1 aromatic heterocycles. The lowest BCUT2D eigenvalue weighted by Crippen LogP contribution is -2.42. The fourth-order valence-electron chi connectivity index (χ4n) is 1.73. The van der Waals surface area contributed by atoms with Gasteiger partial charge >= 0.3 is 5.97 Å². The number of aromatic nitrogens is 1. The molecule has 0 fully saturated rings. The Morgan fingerprint density at radius 3 is 2.74 bits per heavy atom. The van der Waals surface area contributed by atoms with E-state index in [1.54, 1.807) is 26.8 Å². The maximum Gasteiger partial charge on any atom is 0.305 e. The van der Waals surface area contributed by atoms with Crippen LogP contribution in [0.1, 0.15) is 26.0 Å². The molecule has 1 N–H and O–H groups in total. The minimum Gasteiger partial charge on any atom is -0.481 e. The monoisotopic (exact) mass is 270 g/mol. The first-order valence-electron chi connectivity index (χ1n) is 6.01. The Balaban J connectivity index is 2.51. The number of aryl methyl sites for hydroxylation is 1. The van der Waals surface area contributed by atoms with E-state index in [0.717, 1.165) is 0 Å². The lowest BCUT2D eigenvalue weighted by atomic mass is 10.2. The van der Waals surface area contributed by atoms with E-state index >= 15 is 0 Å². The first kappa shape index (κ1) is 15.0. The Kier molecular flexibility index (Phi) is 5.35. The summed E-state index contributed by atoms with van der Waals surface area (Å²) in [4.78, 5) is 24.0. The molecule has 106 valence electrons. The number of hydrogen-bond acceptors (Lipinski definition) is 5. The molecule has 0 aliphatic heterocycles. The van der Waals surface area contributed by atoms with Gasteiger partial charge in [0.15, 0.2) is 6.61 Å².